The van der Waals surface area contributed by atoms with Crippen LogP contribution in [0.1, 0.15) is 32.6 Å². The number of anilines is 1. The van der Waals surface area contributed by atoms with Crippen LogP contribution >= 0.6 is 11.6 Å². The molecule has 1 amide bonds. The minimum absolute atomic E-state index is 0.0499. The number of aromatic nitrogens is 2. The van der Waals surface area contributed by atoms with Gasteiger partial charge in [-0.25, -0.2) is 18.1 Å². The summed E-state index contributed by atoms with van der Waals surface area (Å²) in [7, 11) is -2.07. The third-order valence-corrected chi connectivity index (χ3v) is 7.53. The predicted octanol–water partition coefficient (Wildman–Crippen LogP) is 5.40. The van der Waals surface area contributed by atoms with E-state index in [1.807, 2.05) is 45.0 Å². The summed E-state index contributed by atoms with van der Waals surface area (Å²) in [6.45, 7) is 5.98. The van der Waals surface area contributed by atoms with E-state index >= 15 is 0 Å². The maximum atomic E-state index is 12.9. The number of rotatable bonds is 7. The molecule has 0 radical (unpaired) electrons. The number of benzene rings is 3. The number of amides is 1. The van der Waals surface area contributed by atoms with Crippen LogP contribution in [0.15, 0.2) is 71.9 Å². The lowest BCUT2D eigenvalue weighted by molar-refractivity contribution is 0.102. The van der Waals surface area contributed by atoms with Crippen molar-refractivity contribution in [3.8, 4) is 11.4 Å². The molecule has 0 saturated heterocycles. The Morgan fingerprint density at radius 3 is 2.33 bits per heavy atom. The lowest BCUT2D eigenvalue weighted by Gasteiger charge is -2.10. The molecule has 0 bridgehead atoms. The number of aryl methyl sites for hydroxylation is 4. The average Bonchev–Trinajstić information content (AvgIpc) is 3.25. The molecule has 0 spiro atoms. The average molecular weight is 523 g/mol. The second-order valence-electron chi connectivity index (χ2n) is 8.75. The van der Waals surface area contributed by atoms with Gasteiger partial charge in [-0.3, -0.25) is 4.79 Å². The van der Waals surface area contributed by atoms with Gasteiger partial charge in [0.15, 0.2) is 5.03 Å². The van der Waals surface area contributed by atoms with Gasteiger partial charge in [0.1, 0.15) is 5.82 Å². The van der Waals surface area contributed by atoms with Crippen molar-refractivity contribution in [2.45, 2.75) is 32.3 Å². The van der Waals surface area contributed by atoms with E-state index in [1.54, 1.807) is 48.0 Å². The van der Waals surface area contributed by atoms with Gasteiger partial charge < -0.3 is 9.88 Å². The van der Waals surface area contributed by atoms with Crippen molar-refractivity contribution < 1.29 is 13.2 Å². The first-order chi connectivity index (χ1) is 17.0. The summed E-state index contributed by atoms with van der Waals surface area (Å²) in [4.78, 5) is 17.0. The molecule has 3 aromatic carbocycles. The SMILES string of the molecule is Cc1ccc(-c2nc(S(=O)(=O)NCc3ccc(C(=O)Nc4cc(Cl)ccc4C)cc3)cn2C)cc1C. The number of hydrogen-bond acceptors (Lipinski definition) is 4. The number of hydrogen-bond donors (Lipinski definition) is 2. The van der Waals surface area contributed by atoms with Crippen LogP contribution in [0.4, 0.5) is 5.69 Å². The number of nitrogens with one attached hydrogen (secondary N) is 2. The van der Waals surface area contributed by atoms with Gasteiger partial charge in [-0.2, -0.15) is 0 Å². The summed E-state index contributed by atoms with van der Waals surface area (Å²) >= 11 is 6.02. The molecular weight excluding hydrogens is 496 g/mol. The largest absolute Gasteiger partial charge is 0.333 e. The Bertz CT molecular complexity index is 1540. The van der Waals surface area contributed by atoms with Crippen LogP contribution in [-0.4, -0.2) is 23.9 Å². The lowest BCUT2D eigenvalue weighted by Crippen LogP contribution is -2.23. The van der Waals surface area contributed by atoms with Gasteiger partial charge in [0.2, 0.25) is 0 Å². The Kier molecular flexibility index (Phi) is 7.31. The fourth-order valence-electron chi connectivity index (χ4n) is 3.67. The van der Waals surface area contributed by atoms with Crippen molar-refractivity contribution in [1.82, 2.24) is 14.3 Å². The zero-order valence-electron chi connectivity index (χ0n) is 20.5. The van der Waals surface area contributed by atoms with Gasteiger partial charge in [-0.1, -0.05) is 41.9 Å². The first kappa shape index (κ1) is 25.6. The van der Waals surface area contributed by atoms with Crippen LogP contribution in [0.5, 0.6) is 0 Å². The second kappa shape index (κ2) is 10.3. The minimum atomic E-state index is -3.84. The van der Waals surface area contributed by atoms with E-state index in [0.29, 0.717) is 27.7 Å². The smallest absolute Gasteiger partial charge is 0.259 e. The minimum Gasteiger partial charge on any atom is -0.333 e. The van der Waals surface area contributed by atoms with Gasteiger partial charge in [-0.05, 0) is 73.4 Å². The van der Waals surface area contributed by atoms with Gasteiger partial charge in [0, 0.05) is 41.6 Å². The van der Waals surface area contributed by atoms with Crippen molar-refractivity contribution in [2.24, 2.45) is 7.05 Å². The number of carbonyl (C=O) groups excluding carboxylic acids is 1. The molecule has 2 N–H and O–H groups in total. The zero-order chi connectivity index (χ0) is 26.0. The molecule has 0 aliphatic carbocycles. The van der Waals surface area contributed by atoms with Gasteiger partial charge >= 0.3 is 0 Å². The summed E-state index contributed by atoms with van der Waals surface area (Å²) < 4.78 is 30.1. The molecule has 1 aromatic heterocycles. The lowest BCUT2D eigenvalue weighted by atomic mass is 10.1. The highest BCUT2D eigenvalue weighted by Crippen LogP contribution is 2.23. The second-order valence-corrected chi connectivity index (χ2v) is 10.9. The number of nitrogens with zero attached hydrogens (tertiary/aromatic N) is 2. The maximum absolute atomic E-state index is 12.9. The van der Waals surface area contributed by atoms with Gasteiger partial charge in [-0.15, -0.1) is 0 Å². The van der Waals surface area contributed by atoms with E-state index in [2.05, 4.69) is 15.0 Å². The Hall–Kier alpha value is -3.46. The number of carbonyl (C=O) groups is 1. The molecule has 1 heterocycles. The van der Waals surface area contributed by atoms with Crippen LogP contribution in [-0.2, 0) is 23.6 Å². The van der Waals surface area contributed by atoms with Crippen molar-refractivity contribution in [1.29, 1.82) is 0 Å². The van der Waals surface area contributed by atoms with E-state index in [9.17, 15) is 13.2 Å². The van der Waals surface area contributed by atoms with Crippen molar-refractivity contribution in [2.75, 3.05) is 5.32 Å². The molecule has 0 aliphatic heterocycles. The Labute approximate surface area is 216 Å². The highest BCUT2D eigenvalue weighted by Gasteiger charge is 2.20. The molecule has 4 aromatic rings. The van der Waals surface area contributed by atoms with E-state index in [0.717, 1.165) is 22.3 Å². The number of sulfonamides is 1. The molecule has 186 valence electrons. The van der Waals surface area contributed by atoms with Gasteiger partial charge in [0.05, 0.1) is 0 Å². The molecule has 9 heteroatoms. The topological polar surface area (TPSA) is 93.1 Å². The summed E-state index contributed by atoms with van der Waals surface area (Å²) in [5.41, 5.74) is 5.81. The molecule has 4 rings (SSSR count). The third-order valence-electron chi connectivity index (χ3n) is 6.02. The van der Waals surface area contributed by atoms with Crippen LogP contribution in [0.25, 0.3) is 11.4 Å². The van der Waals surface area contributed by atoms with E-state index < -0.39 is 10.0 Å². The van der Waals surface area contributed by atoms with Crippen LogP contribution in [0.3, 0.4) is 0 Å². The fraction of sp³-hybridized carbons (Fsp3) is 0.185. The van der Waals surface area contributed by atoms with Crippen molar-refractivity contribution in [3.63, 3.8) is 0 Å². The highest BCUT2D eigenvalue weighted by atomic mass is 35.5. The Morgan fingerprint density at radius 2 is 1.64 bits per heavy atom. The van der Waals surface area contributed by atoms with E-state index in [4.69, 9.17) is 11.6 Å². The quantitative estimate of drug-likeness (QED) is 0.340. The van der Waals surface area contributed by atoms with Crippen LogP contribution < -0.4 is 10.0 Å². The normalized spacial score (nSPS) is 11.5. The maximum Gasteiger partial charge on any atom is 0.259 e. The standard InChI is InChI=1S/C27H27ClN4O3S/c1-17-5-9-22(13-19(17)3)26-31-25(16-32(26)4)36(34,35)29-15-20-7-10-21(11-8-20)27(33)30-24-14-23(28)12-6-18(24)2/h5-14,16,29H,15H2,1-4H3,(H,30,33). The zero-order valence-corrected chi connectivity index (χ0v) is 22.0. The van der Waals surface area contributed by atoms with Gasteiger partial charge in [0.25, 0.3) is 15.9 Å². The highest BCUT2D eigenvalue weighted by molar-refractivity contribution is 7.89. The molecule has 7 nitrogen and oxygen atoms in total. The third kappa shape index (κ3) is 5.67. The fourth-order valence-corrected chi connectivity index (χ4v) is 4.85. The van der Waals surface area contributed by atoms with Crippen LogP contribution in [0.2, 0.25) is 5.02 Å². The summed E-state index contributed by atoms with van der Waals surface area (Å²) in [5, 5.41) is 3.33. The molecular formula is C27H27ClN4O3S. The monoisotopic (exact) mass is 522 g/mol. The summed E-state index contributed by atoms with van der Waals surface area (Å²) in [6.07, 6.45) is 1.50. The Morgan fingerprint density at radius 1 is 0.944 bits per heavy atom. The summed E-state index contributed by atoms with van der Waals surface area (Å²) in [6, 6.07) is 17.9. The molecule has 0 saturated carbocycles. The number of imidazole rings is 1. The van der Waals surface area contributed by atoms with E-state index in [-0.39, 0.29) is 17.5 Å². The first-order valence-corrected chi connectivity index (χ1v) is 13.2. The van der Waals surface area contributed by atoms with Crippen molar-refractivity contribution in [3.05, 3.63) is 99.7 Å². The molecule has 0 unspecified atom stereocenters. The summed E-state index contributed by atoms with van der Waals surface area (Å²) in [5.74, 6) is 0.295. The van der Waals surface area contributed by atoms with Crippen molar-refractivity contribution >= 4 is 33.2 Å². The molecule has 0 fully saturated rings. The molecule has 36 heavy (non-hydrogen) atoms. The number of halogens is 1. The predicted molar refractivity (Wildman–Crippen MR) is 143 cm³/mol. The van der Waals surface area contributed by atoms with Crippen LogP contribution in [0, 0.1) is 20.8 Å². The molecule has 0 aliphatic rings. The Balaban J connectivity index is 1.43. The molecule has 0 atom stereocenters. The van der Waals surface area contributed by atoms with E-state index in [1.165, 1.54) is 6.20 Å². The first-order valence-electron chi connectivity index (χ1n) is 11.3.